The number of aliphatic carboxylic acids is 1. The molecule has 2 aromatic carbocycles. The SMILES string of the molecule is Cc1nc2cc(C(=O)NCCCCCC(=O)O)ccc2n1-c1ccccc1. The zero-order chi connectivity index (χ0) is 19.2. The van der Waals surface area contributed by atoms with E-state index in [2.05, 4.69) is 14.9 Å². The molecule has 0 saturated heterocycles. The Morgan fingerprint density at radius 2 is 1.85 bits per heavy atom. The summed E-state index contributed by atoms with van der Waals surface area (Å²) in [7, 11) is 0. The van der Waals surface area contributed by atoms with E-state index in [4.69, 9.17) is 5.11 Å². The summed E-state index contributed by atoms with van der Waals surface area (Å²) in [4.78, 5) is 27.4. The van der Waals surface area contributed by atoms with E-state index in [-0.39, 0.29) is 12.3 Å². The highest BCUT2D eigenvalue weighted by atomic mass is 16.4. The maximum Gasteiger partial charge on any atom is 0.303 e. The lowest BCUT2D eigenvalue weighted by atomic mass is 10.1. The summed E-state index contributed by atoms with van der Waals surface area (Å²) in [6.45, 7) is 2.48. The van der Waals surface area contributed by atoms with Gasteiger partial charge in [-0.1, -0.05) is 24.6 Å². The van der Waals surface area contributed by atoms with Crippen molar-refractivity contribution in [1.29, 1.82) is 0 Å². The molecule has 1 aromatic heterocycles. The third-order valence-corrected chi connectivity index (χ3v) is 4.45. The number of imidazole rings is 1. The van der Waals surface area contributed by atoms with Gasteiger partial charge < -0.3 is 10.4 Å². The van der Waals surface area contributed by atoms with E-state index in [1.807, 2.05) is 55.5 Å². The number of fused-ring (bicyclic) bond motifs is 1. The second kappa shape index (κ2) is 8.49. The van der Waals surface area contributed by atoms with Crippen LogP contribution in [-0.2, 0) is 4.79 Å². The highest BCUT2D eigenvalue weighted by Gasteiger charge is 2.12. The summed E-state index contributed by atoms with van der Waals surface area (Å²) in [6.07, 6.45) is 2.36. The number of nitrogens with zero attached hydrogens (tertiary/aromatic N) is 2. The molecule has 2 N–H and O–H groups in total. The lowest BCUT2D eigenvalue weighted by Gasteiger charge is -2.07. The Hall–Kier alpha value is -3.15. The standard InChI is InChI=1S/C21H23N3O3/c1-15-23-18-14-16(21(27)22-13-7-3-6-10-20(25)26)11-12-19(18)24(15)17-8-4-2-5-9-17/h2,4-5,8-9,11-12,14H,3,6-7,10,13H2,1H3,(H,22,27)(H,25,26). The van der Waals surface area contributed by atoms with Gasteiger partial charge in [-0.15, -0.1) is 0 Å². The lowest BCUT2D eigenvalue weighted by molar-refractivity contribution is -0.137. The molecule has 0 aliphatic heterocycles. The van der Waals surface area contributed by atoms with Gasteiger partial charge in [-0.2, -0.15) is 0 Å². The maximum atomic E-state index is 12.4. The van der Waals surface area contributed by atoms with Gasteiger partial charge in [0, 0.05) is 24.2 Å². The number of hydrogen-bond acceptors (Lipinski definition) is 3. The van der Waals surface area contributed by atoms with E-state index in [0.29, 0.717) is 18.5 Å². The molecule has 6 nitrogen and oxygen atoms in total. The van der Waals surface area contributed by atoms with Crippen LogP contribution in [0.3, 0.4) is 0 Å². The maximum absolute atomic E-state index is 12.4. The molecule has 140 valence electrons. The van der Waals surface area contributed by atoms with Gasteiger partial charge in [0.15, 0.2) is 0 Å². The first kappa shape index (κ1) is 18.6. The minimum absolute atomic E-state index is 0.137. The van der Waals surface area contributed by atoms with E-state index in [1.54, 1.807) is 0 Å². The Labute approximate surface area is 157 Å². The minimum atomic E-state index is -0.780. The molecule has 6 heteroatoms. The fourth-order valence-electron chi connectivity index (χ4n) is 3.13. The molecule has 0 unspecified atom stereocenters. The van der Waals surface area contributed by atoms with Crippen molar-refractivity contribution >= 4 is 22.9 Å². The van der Waals surface area contributed by atoms with Gasteiger partial charge >= 0.3 is 5.97 Å². The van der Waals surface area contributed by atoms with E-state index < -0.39 is 5.97 Å². The van der Waals surface area contributed by atoms with Crippen molar-refractivity contribution in [1.82, 2.24) is 14.9 Å². The van der Waals surface area contributed by atoms with Gasteiger partial charge in [0.25, 0.3) is 5.91 Å². The summed E-state index contributed by atoms with van der Waals surface area (Å²) in [5, 5.41) is 11.5. The summed E-state index contributed by atoms with van der Waals surface area (Å²) in [5.74, 6) is -0.0493. The number of aromatic nitrogens is 2. The third-order valence-electron chi connectivity index (χ3n) is 4.45. The van der Waals surface area contributed by atoms with Crippen LogP contribution in [0.5, 0.6) is 0 Å². The Bertz CT molecular complexity index is 948. The summed E-state index contributed by atoms with van der Waals surface area (Å²) < 4.78 is 2.07. The van der Waals surface area contributed by atoms with Crippen LogP contribution < -0.4 is 5.32 Å². The van der Waals surface area contributed by atoms with Gasteiger partial charge in [0.1, 0.15) is 5.82 Å². The molecule has 0 atom stereocenters. The van der Waals surface area contributed by atoms with Gasteiger partial charge in [-0.05, 0) is 50.1 Å². The summed E-state index contributed by atoms with van der Waals surface area (Å²) in [6, 6.07) is 15.5. The number of hydrogen-bond donors (Lipinski definition) is 2. The average molecular weight is 365 g/mol. The van der Waals surface area contributed by atoms with Crippen LogP contribution in [0.25, 0.3) is 16.7 Å². The first-order valence-corrected chi connectivity index (χ1v) is 9.11. The van der Waals surface area contributed by atoms with Crippen LogP contribution in [0.15, 0.2) is 48.5 Å². The van der Waals surface area contributed by atoms with Gasteiger partial charge in [0.2, 0.25) is 0 Å². The van der Waals surface area contributed by atoms with Crippen LogP contribution in [0.4, 0.5) is 0 Å². The number of para-hydroxylation sites is 1. The Kier molecular flexibility index (Phi) is 5.86. The van der Waals surface area contributed by atoms with Gasteiger partial charge in [0.05, 0.1) is 11.0 Å². The highest BCUT2D eigenvalue weighted by Crippen LogP contribution is 2.22. The fourth-order valence-corrected chi connectivity index (χ4v) is 3.13. The van der Waals surface area contributed by atoms with E-state index in [9.17, 15) is 9.59 Å². The molecule has 3 rings (SSSR count). The largest absolute Gasteiger partial charge is 0.481 e. The predicted octanol–water partition coefficient (Wildman–Crippen LogP) is 3.71. The van der Waals surface area contributed by atoms with Crippen LogP contribution in [0.2, 0.25) is 0 Å². The average Bonchev–Trinajstić information content (AvgIpc) is 2.99. The molecule has 0 bridgehead atoms. The molecule has 27 heavy (non-hydrogen) atoms. The number of carbonyl (C=O) groups excluding carboxylic acids is 1. The molecule has 1 amide bonds. The van der Waals surface area contributed by atoms with Gasteiger partial charge in [-0.3, -0.25) is 14.2 Å². The number of carboxylic acid groups (broad SMARTS) is 1. The number of carbonyl (C=O) groups is 2. The Morgan fingerprint density at radius 3 is 2.59 bits per heavy atom. The third kappa shape index (κ3) is 4.53. The number of amides is 1. The van der Waals surface area contributed by atoms with Crippen LogP contribution in [-0.4, -0.2) is 33.1 Å². The summed E-state index contributed by atoms with van der Waals surface area (Å²) >= 11 is 0. The molecule has 1 heterocycles. The van der Waals surface area contributed by atoms with Crippen molar-refractivity contribution in [3.63, 3.8) is 0 Å². The zero-order valence-corrected chi connectivity index (χ0v) is 15.3. The smallest absolute Gasteiger partial charge is 0.303 e. The van der Waals surface area contributed by atoms with E-state index in [0.717, 1.165) is 35.4 Å². The molecule has 0 spiro atoms. The van der Waals surface area contributed by atoms with Crippen LogP contribution in [0.1, 0.15) is 41.9 Å². The van der Waals surface area contributed by atoms with E-state index >= 15 is 0 Å². The number of aryl methyl sites for hydroxylation is 1. The van der Waals surface area contributed by atoms with Crippen molar-refractivity contribution in [3.8, 4) is 5.69 Å². The molecule has 0 aliphatic carbocycles. The quantitative estimate of drug-likeness (QED) is 0.596. The predicted molar refractivity (Wildman–Crippen MR) is 104 cm³/mol. The van der Waals surface area contributed by atoms with Crippen molar-refractivity contribution in [2.75, 3.05) is 6.54 Å². The van der Waals surface area contributed by atoms with Crippen molar-refractivity contribution in [2.45, 2.75) is 32.6 Å². The second-order valence-electron chi connectivity index (χ2n) is 6.49. The molecule has 3 aromatic rings. The minimum Gasteiger partial charge on any atom is -0.481 e. The Morgan fingerprint density at radius 1 is 1.07 bits per heavy atom. The molecule has 0 fully saturated rings. The van der Waals surface area contributed by atoms with Crippen molar-refractivity contribution in [3.05, 3.63) is 59.9 Å². The Balaban J connectivity index is 1.67. The first-order chi connectivity index (χ1) is 13.1. The molecule has 0 aliphatic rings. The van der Waals surface area contributed by atoms with Gasteiger partial charge in [-0.25, -0.2) is 4.98 Å². The lowest BCUT2D eigenvalue weighted by Crippen LogP contribution is -2.24. The first-order valence-electron chi connectivity index (χ1n) is 9.11. The normalized spacial score (nSPS) is 10.9. The van der Waals surface area contributed by atoms with Crippen molar-refractivity contribution < 1.29 is 14.7 Å². The fraction of sp³-hybridized carbons (Fsp3) is 0.286. The monoisotopic (exact) mass is 365 g/mol. The second-order valence-corrected chi connectivity index (χ2v) is 6.49. The molecule has 0 radical (unpaired) electrons. The number of unbranched alkanes of at least 4 members (excludes halogenated alkanes) is 2. The van der Waals surface area contributed by atoms with E-state index in [1.165, 1.54) is 0 Å². The molecular weight excluding hydrogens is 342 g/mol. The van der Waals surface area contributed by atoms with Crippen molar-refractivity contribution in [2.24, 2.45) is 0 Å². The molecule has 0 saturated carbocycles. The zero-order valence-electron chi connectivity index (χ0n) is 15.3. The number of carboxylic acids is 1. The van der Waals surface area contributed by atoms with Crippen LogP contribution >= 0.6 is 0 Å². The summed E-state index contributed by atoms with van der Waals surface area (Å²) in [5.41, 5.74) is 3.36. The number of benzene rings is 2. The highest BCUT2D eigenvalue weighted by molar-refractivity contribution is 5.97. The topological polar surface area (TPSA) is 84.2 Å². The van der Waals surface area contributed by atoms with Crippen LogP contribution in [0, 0.1) is 6.92 Å². The number of rotatable bonds is 8. The number of nitrogens with one attached hydrogen (secondary N) is 1. The molecular formula is C21H23N3O3.